The second kappa shape index (κ2) is 16.1. The molecule has 0 aliphatic carbocycles. The Balaban J connectivity index is 0.000000182. The first-order chi connectivity index (χ1) is 25.7. The molecular formula is C46H41NO6. The van der Waals surface area contributed by atoms with E-state index in [0.29, 0.717) is 26.7 Å². The number of quaternary nitrogens is 1. The van der Waals surface area contributed by atoms with Crippen molar-refractivity contribution in [1.82, 2.24) is 4.48 Å². The molecule has 0 bridgehead atoms. The highest BCUT2D eigenvalue weighted by atomic mass is 16.5. The predicted molar refractivity (Wildman–Crippen MR) is 209 cm³/mol. The molecule has 7 aromatic carbocycles. The number of para-hydroxylation sites is 3. The van der Waals surface area contributed by atoms with Gasteiger partial charge >= 0.3 is 0 Å². The molecule has 0 spiro atoms. The summed E-state index contributed by atoms with van der Waals surface area (Å²) in [4.78, 5) is 0. The van der Waals surface area contributed by atoms with Gasteiger partial charge < -0.3 is 30.3 Å². The average molecular weight is 704 g/mol. The molecule has 0 aromatic heterocycles. The van der Waals surface area contributed by atoms with Gasteiger partial charge in [0.05, 0.1) is 7.11 Å². The van der Waals surface area contributed by atoms with Crippen molar-refractivity contribution >= 4 is 22.7 Å². The fraction of sp³-hybridized carbons (Fsp3) is 0.0870. The van der Waals surface area contributed by atoms with Gasteiger partial charge in [0.15, 0.2) is 0 Å². The van der Waals surface area contributed by atoms with Gasteiger partial charge in [0.25, 0.3) is 0 Å². The molecule has 0 amide bonds. The number of phenols is 4. The molecule has 7 aromatic rings. The van der Waals surface area contributed by atoms with Crippen molar-refractivity contribution in [3.05, 3.63) is 192 Å². The Hall–Kier alpha value is -6.70. The molecule has 7 heteroatoms. The number of benzene rings is 7. The van der Waals surface area contributed by atoms with Crippen LogP contribution in [0.2, 0.25) is 0 Å². The smallest absolute Gasteiger partial charge is 0.148 e. The number of methoxy groups -OCH3 is 1. The SMILES string of the molecule is COc1ccc([N+](c2ccccc2)(c2ccccc2)c2ccccc2)cc1.Cc1cc(Cc2ccc(O)cc2O)c([O-])c(Cc2ccc(O)cc2O)c1. The van der Waals surface area contributed by atoms with Crippen molar-refractivity contribution in [3.63, 3.8) is 0 Å². The first kappa shape index (κ1) is 36.1. The van der Waals surface area contributed by atoms with E-state index in [1.165, 1.54) is 41.3 Å². The predicted octanol–water partition coefficient (Wildman–Crippen LogP) is 10.1. The summed E-state index contributed by atoms with van der Waals surface area (Å²) in [6, 6.07) is 52.3. The highest BCUT2D eigenvalue weighted by Gasteiger charge is 2.38. The van der Waals surface area contributed by atoms with Gasteiger partial charge in [-0.2, -0.15) is 4.48 Å². The first-order valence-corrected chi connectivity index (χ1v) is 17.2. The van der Waals surface area contributed by atoms with Crippen LogP contribution in [0.25, 0.3) is 0 Å². The summed E-state index contributed by atoms with van der Waals surface area (Å²) in [6.07, 6.45) is 0.475. The maximum atomic E-state index is 12.8. The fourth-order valence-electron chi connectivity index (χ4n) is 6.66. The third-order valence-corrected chi connectivity index (χ3v) is 9.18. The number of aryl methyl sites for hydroxylation is 1. The van der Waals surface area contributed by atoms with Crippen molar-refractivity contribution in [2.24, 2.45) is 0 Å². The van der Waals surface area contributed by atoms with Crippen LogP contribution in [-0.2, 0) is 12.8 Å². The van der Waals surface area contributed by atoms with Gasteiger partial charge in [-0.1, -0.05) is 95.6 Å². The minimum Gasteiger partial charge on any atom is -0.872 e. The Morgan fingerprint density at radius 1 is 0.472 bits per heavy atom. The maximum absolute atomic E-state index is 12.8. The van der Waals surface area contributed by atoms with Gasteiger partial charge in [-0.25, -0.2) is 0 Å². The summed E-state index contributed by atoms with van der Waals surface area (Å²) in [6.45, 7) is 1.87. The summed E-state index contributed by atoms with van der Waals surface area (Å²) < 4.78 is 5.90. The monoisotopic (exact) mass is 703 g/mol. The minimum atomic E-state index is -0.157. The van der Waals surface area contributed by atoms with Gasteiger partial charge in [0.2, 0.25) is 0 Å². The fourth-order valence-corrected chi connectivity index (χ4v) is 6.66. The van der Waals surface area contributed by atoms with Crippen molar-refractivity contribution in [2.75, 3.05) is 7.11 Å². The largest absolute Gasteiger partial charge is 0.872 e. The van der Waals surface area contributed by atoms with E-state index in [4.69, 9.17) is 4.74 Å². The van der Waals surface area contributed by atoms with E-state index in [1.54, 1.807) is 31.4 Å². The van der Waals surface area contributed by atoms with E-state index in [-0.39, 0.29) is 41.6 Å². The Kier molecular flexibility index (Phi) is 11.0. The van der Waals surface area contributed by atoms with Crippen LogP contribution < -0.4 is 14.3 Å². The van der Waals surface area contributed by atoms with Gasteiger partial charge in [-0.3, -0.25) is 0 Å². The summed E-state index contributed by atoms with van der Waals surface area (Å²) in [7, 11) is 1.70. The summed E-state index contributed by atoms with van der Waals surface area (Å²) >= 11 is 0. The molecule has 53 heavy (non-hydrogen) atoms. The third-order valence-electron chi connectivity index (χ3n) is 9.18. The molecule has 266 valence electrons. The highest BCUT2D eigenvalue weighted by Crippen LogP contribution is 2.51. The summed E-state index contributed by atoms with van der Waals surface area (Å²) in [5, 5.41) is 51.5. The molecular weight excluding hydrogens is 663 g/mol. The second-order valence-electron chi connectivity index (χ2n) is 12.8. The maximum Gasteiger partial charge on any atom is 0.148 e. The van der Waals surface area contributed by atoms with E-state index < -0.39 is 0 Å². The lowest BCUT2D eigenvalue weighted by atomic mass is 9.95. The number of nitrogens with zero attached hydrogens (tertiary/aromatic N) is 1. The molecule has 0 fully saturated rings. The van der Waals surface area contributed by atoms with Crippen molar-refractivity contribution in [3.8, 4) is 34.5 Å². The Morgan fingerprint density at radius 2 is 0.849 bits per heavy atom. The Morgan fingerprint density at radius 3 is 1.21 bits per heavy atom. The molecule has 0 radical (unpaired) electrons. The van der Waals surface area contributed by atoms with E-state index >= 15 is 0 Å². The molecule has 0 atom stereocenters. The Bertz CT molecular complexity index is 2100. The normalized spacial score (nSPS) is 11.0. The van der Waals surface area contributed by atoms with Crippen molar-refractivity contribution in [1.29, 1.82) is 0 Å². The zero-order valence-corrected chi connectivity index (χ0v) is 29.6. The van der Waals surface area contributed by atoms with Gasteiger partial charge in [0, 0.05) is 73.5 Å². The van der Waals surface area contributed by atoms with Crippen LogP contribution >= 0.6 is 0 Å². The molecule has 0 heterocycles. The first-order valence-electron chi connectivity index (χ1n) is 17.2. The molecule has 4 N–H and O–H groups in total. The Labute approximate surface area is 309 Å². The summed E-state index contributed by atoms with van der Waals surface area (Å²) in [5.74, 6) is 0.483. The third kappa shape index (κ3) is 7.96. The molecule has 0 aliphatic heterocycles. The van der Waals surface area contributed by atoms with E-state index in [0.717, 1.165) is 17.0 Å². The minimum absolute atomic E-state index is 0.0404. The average Bonchev–Trinajstić information content (AvgIpc) is 3.18. The number of rotatable bonds is 9. The molecule has 0 saturated carbocycles. The zero-order chi connectivity index (χ0) is 37.4. The van der Waals surface area contributed by atoms with Crippen LogP contribution in [0.4, 0.5) is 22.7 Å². The molecule has 0 unspecified atom stereocenters. The van der Waals surface area contributed by atoms with Crippen LogP contribution in [0.1, 0.15) is 27.8 Å². The quantitative estimate of drug-likeness (QED) is 0.111. The van der Waals surface area contributed by atoms with Crippen LogP contribution in [-0.4, -0.2) is 27.5 Å². The molecule has 7 rings (SSSR count). The molecule has 7 nitrogen and oxygen atoms in total. The van der Waals surface area contributed by atoms with Crippen LogP contribution in [0.3, 0.4) is 0 Å². The summed E-state index contributed by atoms with van der Waals surface area (Å²) in [5.41, 5.74) is 7.73. The number of phenolic OH excluding ortho intramolecular Hbond substituents is 4. The number of ether oxygens (including phenoxy) is 1. The number of hydrogen-bond acceptors (Lipinski definition) is 6. The van der Waals surface area contributed by atoms with Crippen LogP contribution in [0, 0.1) is 6.92 Å². The van der Waals surface area contributed by atoms with E-state index in [9.17, 15) is 25.5 Å². The zero-order valence-electron chi connectivity index (χ0n) is 29.6. The lowest BCUT2D eigenvalue weighted by Crippen LogP contribution is -2.33. The van der Waals surface area contributed by atoms with Crippen LogP contribution in [0.15, 0.2) is 164 Å². The van der Waals surface area contributed by atoms with Crippen LogP contribution in [0.5, 0.6) is 34.5 Å². The van der Waals surface area contributed by atoms with Crippen molar-refractivity contribution in [2.45, 2.75) is 19.8 Å². The second-order valence-corrected chi connectivity index (χ2v) is 12.8. The molecule has 0 aliphatic rings. The van der Waals surface area contributed by atoms with E-state index in [1.807, 2.05) is 19.1 Å². The topological polar surface area (TPSA) is 113 Å². The number of hydrogen-bond donors (Lipinski definition) is 4. The molecule has 0 saturated heterocycles. The lowest BCUT2D eigenvalue weighted by molar-refractivity contribution is -0.270. The lowest BCUT2D eigenvalue weighted by Gasteiger charge is -2.37. The standard InChI is InChI=1S/C25H22NO.C21H20O5/c1-27-25-19-17-24(18-20-25)26(21-11-5-2-6-12-21,22-13-7-3-8-14-22)23-15-9-4-10-16-23;1-12-6-15(8-13-2-4-17(22)10-19(13)24)21(26)16(7-12)9-14-3-5-18(23)11-20(14)25/h2-20H,1H3;2-7,10-11,22-26H,8-9H2,1H3/q+1;/p-1. The highest BCUT2D eigenvalue weighted by molar-refractivity contribution is 5.81. The number of aromatic hydroxyl groups is 4. The van der Waals surface area contributed by atoms with Crippen molar-refractivity contribution < 1.29 is 30.3 Å². The van der Waals surface area contributed by atoms with E-state index in [2.05, 4.69) is 103 Å². The van der Waals surface area contributed by atoms with Gasteiger partial charge in [0.1, 0.15) is 51.5 Å². The van der Waals surface area contributed by atoms with Gasteiger partial charge in [-0.05, 0) is 42.3 Å². The van der Waals surface area contributed by atoms with Gasteiger partial charge in [-0.15, -0.1) is 5.75 Å².